The van der Waals surface area contributed by atoms with Gasteiger partial charge in [0.2, 0.25) is 0 Å². The van der Waals surface area contributed by atoms with Gasteiger partial charge in [0.05, 0.1) is 18.9 Å². The molecule has 1 saturated heterocycles. The molecule has 180 valence electrons. The van der Waals surface area contributed by atoms with E-state index in [9.17, 15) is 14.4 Å². The Morgan fingerprint density at radius 3 is 2.26 bits per heavy atom. The van der Waals surface area contributed by atoms with E-state index in [4.69, 9.17) is 13.9 Å². The van der Waals surface area contributed by atoms with Crippen molar-refractivity contribution in [3.8, 4) is 5.75 Å². The van der Waals surface area contributed by atoms with Gasteiger partial charge in [-0.3, -0.25) is 9.59 Å². The van der Waals surface area contributed by atoms with E-state index in [-0.39, 0.29) is 24.2 Å². The third-order valence-corrected chi connectivity index (χ3v) is 5.72. The Kier molecular flexibility index (Phi) is 7.62. The highest BCUT2D eigenvalue weighted by atomic mass is 16.5. The molecule has 0 radical (unpaired) electrons. The van der Waals surface area contributed by atoms with Gasteiger partial charge < -0.3 is 23.7 Å². The topological polar surface area (TPSA) is 89.3 Å². The number of ether oxygens (including phenoxy) is 2. The van der Waals surface area contributed by atoms with Gasteiger partial charge in [-0.1, -0.05) is 48.5 Å². The lowest BCUT2D eigenvalue weighted by molar-refractivity contribution is -0.148. The highest BCUT2D eigenvalue weighted by Crippen LogP contribution is 2.25. The van der Waals surface area contributed by atoms with E-state index in [0.29, 0.717) is 43.1 Å². The van der Waals surface area contributed by atoms with Gasteiger partial charge >= 0.3 is 5.97 Å². The Balaban J connectivity index is 1.39. The van der Waals surface area contributed by atoms with Gasteiger partial charge in [-0.25, -0.2) is 4.79 Å². The number of furan rings is 1. The molecule has 0 spiro atoms. The van der Waals surface area contributed by atoms with Crippen LogP contribution >= 0.6 is 0 Å². The number of piperazine rings is 1. The lowest BCUT2D eigenvalue weighted by Gasteiger charge is -2.34. The molecule has 8 nitrogen and oxygen atoms in total. The lowest BCUT2D eigenvalue weighted by atomic mass is 10.0. The number of para-hydroxylation sites is 1. The number of carbonyl (C=O) groups is 3. The summed E-state index contributed by atoms with van der Waals surface area (Å²) >= 11 is 0. The first-order chi connectivity index (χ1) is 17.1. The molecule has 2 amide bonds. The van der Waals surface area contributed by atoms with Crippen LogP contribution in [0.1, 0.15) is 21.7 Å². The van der Waals surface area contributed by atoms with Crippen LogP contribution < -0.4 is 4.74 Å². The number of methoxy groups -OCH3 is 1. The maximum Gasteiger partial charge on any atom is 0.339 e. The molecule has 0 aliphatic carbocycles. The van der Waals surface area contributed by atoms with E-state index in [1.54, 1.807) is 53.3 Å². The number of hydrogen-bond donors (Lipinski definition) is 0. The SMILES string of the molecule is COc1ccccc1C=C(C(=O)OCC(=O)N1CCN(C(=O)c2ccco2)CC1)c1ccccc1. The van der Waals surface area contributed by atoms with E-state index in [0.717, 1.165) is 5.56 Å². The van der Waals surface area contributed by atoms with E-state index in [2.05, 4.69) is 0 Å². The molecule has 1 aliphatic heterocycles. The molecule has 0 atom stereocenters. The van der Waals surface area contributed by atoms with Gasteiger partial charge in [0, 0.05) is 31.7 Å². The molecule has 2 aromatic carbocycles. The van der Waals surface area contributed by atoms with Crippen molar-refractivity contribution in [2.45, 2.75) is 0 Å². The van der Waals surface area contributed by atoms with Crippen molar-refractivity contribution in [3.63, 3.8) is 0 Å². The zero-order valence-corrected chi connectivity index (χ0v) is 19.4. The minimum atomic E-state index is -0.609. The number of benzene rings is 2. The van der Waals surface area contributed by atoms with Gasteiger partial charge in [0.15, 0.2) is 12.4 Å². The van der Waals surface area contributed by atoms with Crippen molar-refractivity contribution >= 4 is 29.4 Å². The Labute approximate surface area is 203 Å². The standard InChI is InChI=1S/C27H26N2O6/c1-33-23-11-6-5-10-21(23)18-22(20-8-3-2-4-9-20)27(32)35-19-25(30)28-13-15-29(16-14-28)26(31)24-12-7-17-34-24/h2-12,17-18H,13-16,19H2,1H3. The molecule has 4 rings (SSSR count). The molecule has 8 heteroatoms. The first-order valence-electron chi connectivity index (χ1n) is 11.2. The van der Waals surface area contributed by atoms with Gasteiger partial charge in [-0.05, 0) is 29.8 Å². The summed E-state index contributed by atoms with van der Waals surface area (Å²) in [4.78, 5) is 41.4. The smallest absolute Gasteiger partial charge is 0.339 e. The number of amides is 2. The summed E-state index contributed by atoms with van der Waals surface area (Å²) in [6, 6.07) is 19.7. The van der Waals surface area contributed by atoms with Crippen LogP contribution in [0, 0.1) is 0 Å². The molecule has 0 unspecified atom stereocenters. The maximum absolute atomic E-state index is 13.0. The molecular formula is C27H26N2O6. The third-order valence-electron chi connectivity index (χ3n) is 5.72. The number of esters is 1. The van der Waals surface area contributed by atoms with Gasteiger partial charge in [0.1, 0.15) is 5.75 Å². The van der Waals surface area contributed by atoms with Gasteiger partial charge in [0.25, 0.3) is 11.8 Å². The Hall–Kier alpha value is -4.33. The summed E-state index contributed by atoms with van der Waals surface area (Å²) in [6.07, 6.45) is 3.15. The molecular weight excluding hydrogens is 448 g/mol. The van der Waals surface area contributed by atoms with E-state index in [1.807, 2.05) is 36.4 Å². The molecule has 3 aromatic rings. The number of carbonyl (C=O) groups excluding carboxylic acids is 3. The Bertz CT molecular complexity index is 1200. The van der Waals surface area contributed by atoms with Crippen molar-refractivity contribution in [1.82, 2.24) is 9.80 Å². The van der Waals surface area contributed by atoms with Crippen molar-refractivity contribution in [2.24, 2.45) is 0 Å². The minimum Gasteiger partial charge on any atom is -0.496 e. The first-order valence-corrected chi connectivity index (χ1v) is 11.2. The summed E-state index contributed by atoms with van der Waals surface area (Å²) in [7, 11) is 1.56. The minimum absolute atomic E-state index is 0.206. The van der Waals surface area contributed by atoms with Crippen molar-refractivity contribution in [1.29, 1.82) is 0 Å². The van der Waals surface area contributed by atoms with Crippen LogP contribution in [0.25, 0.3) is 11.6 Å². The maximum atomic E-state index is 13.0. The molecule has 2 heterocycles. The largest absolute Gasteiger partial charge is 0.496 e. The summed E-state index contributed by atoms with van der Waals surface area (Å²) in [5, 5.41) is 0. The molecule has 35 heavy (non-hydrogen) atoms. The fraction of sp³-hybridized carbons (Fsp3) is 0.222. The van der Waals surface area contributed by atoms with Crippen molar-refractivity contribution in [2.75, 3.05) is 39.9 Å². The van der Waals surface area contributed by atoms with Crippen molar-refractivity contribution < 1.29 is 28.3 Å². The fourth-order valence-electron chi connectivity index (χ4n) is 3.83. The average molecular weight is 475 g/mol. The molecule has 0 N–H and O–H groups in total. The zero-order chi connectivity index (χ0) is 24.6. The monoisotopic (exact) mass is 474 g/mol. The normalized spacial score (nSPS) is 13.9. The second-order valence-corrected chi connectivity index (χ2v) is 7.89. The van der Waals surface area contributed by atoms with Crippen LogP contribution in [0.15, 0.2) is 77.4 Å². The summed E-state index contributed by atoms with van der Waals surface area (Å²) in [5.41, 5.74) is 1.70. The second-order valence-electron chi connectivity index (χ2n) is 7.89. The van der Waals surface area contributed by atoms with Crippen LogP contribution in [0.2, 0.25) is 0 Å². The predicted octanol–water partition coefficient (Wildman–Crippen LogP) is 3.36. The fourth-order valence-corrected chi connectivity index (χ4v) is 3.83. The predicted molar refractivity (Wildman–Crippen MR) is 129 cm³/mol. The number of hydrogen-bond acceptors (Lipinski definition) is 6. The molecule has 0 saturated carbocycles. The third kappa shape index (κ3) is 5.78. The van der Waals surface area contributed by atoms with Crippen LogP contribution in [-0.4, -0.2) is 67.5 Å². The zero-order valence-electron chi connectivity index (χ0n) is 19.4. The average Bonchev–Trinajstić information content (AvgIpc) is 3.45. The Morgan fingerprint density at radius 1 is 0.886 bits per heavy atom. The van der Waals surface area contributed by atoms with Crippen LogP contribution in [0.5, 0.6) is 5.75 Å². The highest BCUT2D eigenvalue weighted by Gasteiger charge is 2.27. The van der Waals surface area contributed by atoms with Crippen LogP contribution in [0.4, 0.5) is 0 Å². The number of rotatable bonds is 7. The van der Waals surface area contributed by atoms with E-state index in [1.165, 1.54) is 6.26 Å². The second kappa shape index (κ2) is 11.2. The van der Waals surface area contributed by atoms with Gasteiger partial charge in [-0.15, -0.1) is 0 Å². The molecule has 1 fully saturated rings. The lowest BCUT2D eigenvalue weighted by Crippen LogP contribution is -2.51. The summed E-state index contributed by atoms with van der Waals surface area (Å²) < 4.78 is 16.0. The van der Waals surface area contributed by atoms with Gasteiger partial charge in [-0.2, -0.15) is 0 Å². The van der Waals surface area contributed by atoms with Crippen LogP contribution in [-0.2, 0) is 14.3 Å². The molecule has 0 bridgehead atoms. The highest BCUT2D eigenvalue weighted by molar-refractivity contribution is 6.22. The quantitative estimate of drug-likeness (QED) is 0.296. The van der Waals surface area contributed by atoms with Crippen molar-refractivity contribution in [3.05, 3.63) is 89.9 Å². The number of nitrogens with zero attached hydrogens (tertiary/aromatic N) is 2. The van der Waals surface area contributed by atoms with Crippen LogP contribution in [0.3, 0.4) is 0 Å². The summed E-state index contributed by atoms with van der Waals surface area (Å²) in [5.74, 6) is -0.237. The summed E-state index contributed by atoms with van der Waals surface area (Å²) in [6.45, 7) is 1.07. The van der Waals surface area contributed by atoms with E-state index < -0.39 is 5.97 Å². The Morgan fingerprint density at radius 2 is 1.57 bits per heavy atom. The molecule has 1 aliphatic rings. The first kappa shape index (κ1) is 23.8. The van der Waals surface area contributed by atoms with E-state index >= 15 is 0 Å². The molecule has 1 aromatic heterocycles.